The number of carboxylic acid groups (broad SMARTS) is 1. The van der Waals surface area contributed by atoms with Gasteiger partial charge in [-0.05, 0) is 28.8 Å². The lowest BCUT2D eigenvalue weighted by Gasteiger charge is -2.03. The molecule has 0 radical (unpaired) electrons. The highest BCUT2D eigenvalue weighted by Gasteiger charge is 2.08. The third-order valence-corrected chi connectivity index (χ3v) is 3.81. The van der Waals surface area contributed by atoms with Crippen molar-refractivity contribution in [1.29, 1.82) is 0 Å². The maximum Gasteiger partial charge on any atom is 0.303 e. The summed E-state index contributed by atoms with van der Waals surface area (Å²) >= 11 is 1.63. The van der Waals surface area contributed by atoms with Crippen LogP contribution in [0.5, 0.6) is 0 Å². The first-order valence-corrected chi connectivity index (χ1v) is 6.98. The molecule has 0 saturated heterocycles. The van der Waals surface area contributed by atoms with E-state index in [1.54, 1.807) is 11.3 Å². The average molecular weight is 277 g/mol. The lowest BCUT2D eigenvalue weighted by atomic mass is 10.1. The molecular formula is C14H15NO3S. The van der Waals surface area contributed by atoms with Gasteiger partial charge in [0.25, 0.3) is 0 Å². The van der Waals surface area contributed by atoms with Crippen LogP contribution < -0.4 is 5.32 Å². The molecule has 19 heavy (non-hydrogen) atoms. The van der Waals surface area contributed by atoms with Crippen LogP contribution in [0.3, 0.4) is 0 Å². The van der Waals surface area contributed by atoms with Crippen molar-refractivity contribution in [3.05, 3.63) is 35.2 Å². The van der Waals surface area contributed by atoms with Gasteiger partial charge in [0.15, 0.2) is 0 Å². The third-order valence-electron chi connectivity index (χ3n) is 2.80. The highest BCUT2D eigenvalue weighted by molar-refractivity contribution is 7.17. The molecule has 0 bridgehead atoms. The first-order chi connectivity index (χ1) is 9.16. The Hall–Kier alpha value is -1.88. The van der Waals surface area contributed by atoms with Crippen molar-refractivity contribution in [2.45, 2.75) is 19.3 Å². The molecule has 4 nitrogen and oxygen atoms in total. The van der Waals surface area contributed by atoms with Gasteiger partial charge in [0.05, 0.1) is 6.42 Å². The van der Waals surface area contributed by atoms with Crippen LogP contribution in [-0.2, 0) is 16.0 Å². The molecule has 1 heterocycles. The fourth-order valence-electron chi connectivity index (χ4n) is 1.87. The molecule has 2 rings (SSSR count). The molecule has 0 aliphatic heterocycles. The topological polar surface area (TPSA) is 66.4 Å². The fourth-order valence-corrected chi connectivity index (χ4v) is 2.84. The molecule has 0 saturated carbocycles. The molecular weight excluding hydrogens is 262 g/mol. The van der Waals surface area contributed by atoms with E-state index in [0.29, 0.717) is 19.4 Å². The van der Waals surface area contributed by atoms with Crippen LogP contribution in [0.15, 0.2) is 29.6 Å². The van der Waals surface area contributed by atoms with Crippen molar-refractivity contribution in [1.82, 2.24) is 5.32 Å². The number of aliphatic carboxylic acids is 1. The molecule has 0 aliphatic carbocycles. The minimum Gasteiger partial charge on any atom is -0.481 e. The van der Waals surface area contributed by atoms with E-state index >= 15 is 0 Å². The number of benzene rings is 1. The quantitative estimate of drug-likeness (QED) is 0.797. The summed E-state index contributed by atoms with van der Waals surface area (Å²) in [5.74, 6) is -0.896. The number of carbonyl (C=O) groups is 2. The molecule has 0 aliphatic rings. The van der Waals surface area contributed by atoms with Crippen molar-refractivity contribution in [2.75, 3.05) is 6.54 Å². The van der Waals surface area contributed by atoms with Crippen molar-refractivity contribution in [3.8, 4) is 0 Å². The lowest BCUT2D eigenvalue weighted by molar-refractivity contribution is -0.137. The van der Waals surface area contributed by atoms with E-state index in [9.17, 15) is 9.59 Å². The normalized spacial score (nSPS) is 10.5. The molecule has 2 N–H and O–H groups in total. The summed E-state index contributed by atoms with van der Waals surface area (Å²) in [6, 6.07) is 7.99. The van der Waals surface area contributed by atoms with Gasteiger partial charge in [-0.2, -0.15) is 0 Å². The van der Waals surface area contributed by atoms with E-state index in [0.717, 1.165) is 10.9 Å². The zero-order valence-corrected chi connectivity index (χ0v) is 11.2. The van der Waals surface area contributed by atoms with Gasteiger partial charge < -0.3 is 10.4 Å². The first-order valence-electron chi connectivity index (χ1n) is 6.10. The number of carbonyl (C=O) groups excluding carboxylic acids is 1. The SMILES string of the molecule is O=C(O)CCCNC(=O)Cc1csc2ccccc12. The number of thiophene rings is 1. The van der Waals surface area contributed by atoms with Crippen LogP contribution >= 0.6 is 11.3 Å². The smallest absolute Gasteiger partial charge is 0.303 e. The summed E-state index contributed by atoms with van der Waals surface area (Å²) in [6.07, 6.45) is 0.893. The molecule has 100 valence electrons. The van der Waals surface area contributed by atoms with Gasteiger partial charge in [0.1, 0.15) is 0 Å². The molecule has 0 spiro atoms. The molecule has 0 fully saturated rings. The second-order valence-corrected chi connectivity index (χ2v) is 5.19. The van der Waals surface area contributed by atoms with Crippen molar-refractivity contribution in [3.63, 3.8) is 0 Å². The summed E-state index contributed by atoms with van der Waals surface area (Å²) < 4.78 is 1.18. The molecule has 1 aromatic heterocycles. The predicted octanol–water partition coefficient (Wildman–Crippen LogP) is 2.42. The number of hydrogen-bond acceptors (Lipinski definition) is 3. The van der Waals surface area contributed by atoms with Gasteiger partial charge in [0, 0.05) is 17.7 Å². The fraction of sp³-hybridized carbons (Fsp3) is 0.286. The van der Waals surface area contributed by atoms with E-state index in [4.69, 9.17) is 5.11 Å². The van der Waals surface area contributed by atoms with Crippen molar-refractivity contribution in [2.24, 2.45) is 0 Å². The Labute approximate surface area is 115 Å². The van der Waals surface area contributed by atoms with Crippen molar-refractivity contribution >= 4 is 33.3 Å². The molecule has 2 aromatic rings. The van der Waals surface area contributed by atoms with Crippen LogP contribution in [-0.4, -0.2) is 23.5 Å². The van der Waals surface area contributed by atoms with Crippen LogP contribution in [0.2, 0.25) is 0 Å². The summed E-state index contributed by atoms with van der Waals surface area (Å²) in [6.45, 7) is 0.410. The number of amides is 1. The van der Waals surface area contributed by atoms with Gasteiger partial charge >= 0.3 is 5.97 Å². The zero-order chi connectivity index (χ0) is 13.7. The van der Waals surface area contributed by atoms with Crippen LogP contribution in [0.25, 0.3) is 10.1 Å². The summed E-state index contributed by atoms with van der Waals surface area (Å²) in [4.78, 5) is 22.1. The van der Waals surface area contributed by atoms with Crippen LogP contribution in [0, 0.1) is 0 Å². The summed E-state index contributed by atoms with van der Waals surface area (Å²) in [7, 11) is 0. The standard InChI is InChI=1S/C14H15NO3S/c16-13(15-7-3-6-14(17)18)8-10-9-19-12-5-2-1-4-11(10)12/h1-2,4-5,9H,3,6-8H2,(H,15,16)(H,17,18). The van der Waals surface area contributed by atoms with E-state index in [1.165, 1.54) is 4.70 Å². The predicted molar refractivity (Wildman–Crippen MR) is 75.4 cm³/mol. The molecule has 0 atom stereocenters. The molecule has 5 heteroatoms. The van der Waals surface area contributed by atoms with Gasteiger partial charge in [-0.1, -0.05) is 18.2 Å². The van der Waals surface area contributed by atoms with Gasteiger partial charge in [-0.25, -0.2) is 0 Å². The number of fused-ring (bicyclic) bond motifs is 1. The lowest BCUT2D eigenvalue weighted by Crippen LogP contribution is -2.26. The van der Waals surface area contributed by atoms with Gasteiger partial charge in [-0.15, -0.1) is 11.3 Å². The Kier molecular flexibility index (Phi) is 4.52. The second-order valence-electron chi connectivity index (χ2n) is 4.28. The third kappa shape index (κ3) is 3.79. The highest BCUT2D eigenvalue weighted by atomic mass is 32.1. The number of carboxylic acids is 1. The minimum absolute atomic E-state index is 0.0612. The maximum absolute atomic E-state index is 11.7. The summed E-state index contributed by atoms with van der Waals surface area (Å²) in [5, 5.41) is 14.4. The number of rotatable bonds is 6. The maximum atomic E-state index is 11.7. The number of nitrogens with one attached hydrogen (secondary N) is 1. The van der Waals surface area contributed by atoms with Gasteiger partial charge in [-0.3, -0.25) is 9.59 Å². The van der Waals surface area contributed by atoms with E-state index in [2.05, 4.69) is 5.32 Å². The molecule has 0 unspecified atom stereocenters. The van der Waals surface area contributed by atoms with E-state index in [1.807, 2.05) is 29.6 Å². The second kappa shape index (κ2) is 6.33. The Balaban J connectivity index is 1.87. The monoisotopic (exact) mass is 277 g/mol. The van der Waals surface area contributed by atoms with Crippen LogP contribution in [0.4, 0.5) is 0 Å². The Bertz CT molecular complexity index is 591. The van der Waals surface area contributed by atoms with Crippen LogP contribution in [0.1, 0.15) is 18.4 Å². The van der Waals surface area contributed by atoms with Crippen molar-refractivity contribution < 1.29 is 14.7 Å². The molecule has 1 amide bonds. The Morgan fingerprint density at radius 2 is 2.05 bits per heavy atom. The summed E-state index contributed by atoms with van der Waals surface area (Å²) in [5.41, 5.74) is 1.02. The molecule has 1 aromatic carbocycles. The largest absolute Gasteiger partial charge is 0.481 e. The average Bonchev–Trinajstić information content (AvgIpc) is 2.78. The Morgan fingerprint density at radius 1 is 1.26 bits per heavy atom. The number of hydrogen-bond donors (Lipinski definition) is 2. The first kappa shape index (κ1) is 13.5. The minimum atomic E-state index is -0.835. The van der Waals surface area contributed by atoms with E-state index in [-0.39, 0.29) is 12.3 Å². The van der Waals surface area contributed by atoms with E-state index < -0.39 is 5.97 Å². The highest BCUT2D eigenvalue weighted by Crippen LogP contribution is 2.25. The Morgan fingerprint density at radius 3 is 2.84 bits per heavy atom. The van der Waals surface area contributed by atoms with Gasteiger partial charge in [0.2, 0.25) is 5.91 Å². The zero-order valence-electron chi connectivity index (χ0n) is 10.4.